The Kier molecular flexibility index (Phi) is 7.06. The summed E-state index contributed by atoms with van der Waals surface area (Å²) in [6, 6.07) is 16.1. The van der Waals surface area contributed by atoms with E-state index in [1.165, 1.54) is 18.2 Å². The van der Waals surface area contributed by atoms with Crippen LogP contribution in [0.5, 0.6) is 0 Å². The molecule has 1 aliphatic rings. The first kappa shape index (κ1) is 21.9. The predicted molar refractivity (Wildman–Crippen MR) is 125 cm³/mol. The number of nitrogens with zero attached hydrogens (tertiary/aromatic N) is 2. The Labute approximate surface area is 189 Å². The Hall–Kier alpha value is -3.33. The molecule has 166 valence electrons. The van der Waals surface area contributed by atoms with E-state index >= 15 is 0 Å². The number of aromatic nitrogens is 3. The van der Waals surface area contributed by atoms with Crippen LogP contribution in [0, 0.1) is 0 Å². The van der Waals surface area contributed by atoms with Crippen LogP contribution in [-0.2, 0) is 4.79 Å². The van der Waals surface area contributed by atoms with Gasteiger partial charge in [0.05, 0.1) is 17.0 Å². The largest absolute Gasteiger partial charge is 0.344 e. The Morgan fingerprint density at radius 2 is 1.72 bits per heavy atom. The van der Waals surface area contributed by atoms with Gasteiger partial charge in [0, 0.05) is 11.7 Å². The number of benzene rings is 2. The number of anilines is 2. The molecule has 9 heteroatoms. The SMILES string of the molecule is O=C(CSc1n[nH]c(=O)n1C1CCCCC1)Nc1ccccc1C(=O)Nc1ccccc1. The number of carbonyl (C=O) groups excluding carboxylic acids is 2. The summed E-state index contributed by atoms with van der Waals surface area (Å²) >= 11 is 1.21. The number of H-pyrrole nitrogens is 1. The minimum Gasteiger partial charge on any atom is -0.325 e. The number of hydrogen-bond acceptors (Lipinski definition) is 5. The van der Waals surface area contributed by atoms with E-state index in [4.69, 9.17) is 0 Å². The van der Waals surface area contributed by atoms with Crippen LogP contribution in [0.2, 0.25) is 0 Å². The molecule has 1 heterocycles. The van der Waals surface area contributed by atoms with Crippen molar-refractivity contribution in [2.45, 2.75) is 43.3 Å². The van der Waals surface area contributed by atoms with Gasteiger partial charge in [-0.1, -0.05) is 61.4 Å². The summed E-state index contributed by atoms with van der Waals surface area (Å²) < 4.78 is 1.68. The van der Waals surface area contributed by atoms with Crippen LogP contribution in [0.1, 0.15) is 48.5 Å². The average Bonchev–Trinajstić information content (AvgIpc) is 3.19. The first-order valence-electron chi connectivity index (χ1n) is 10.7. The number of rotatable bonds is 7. The smallest absolute Gasteiger partial charge is 0.325 e. The molecular formula is C23H25N5O3S. The second-order valence-corrected chi connectivity index (χ2v) is 8.62. The van der Waals surface area contributed by atoms with Crippen molar-refractivity contribution in [2.75, 3.05) is 16.4 Å². The third-order valence-electron chi connectivity index (χ3n) is 5.42. The lowest BCUT2D eigenvalue weighted by molar-refractivity contribution is -0.113. The molecule has 0 bridgehead atoms. The molecule has 0 radical (unpaired) electrons. The molecule has 3 aromatic rings. The Bertz CT molecular complexity index is 1140. The molecule has 0 aliphatic heterocycles. The zero-order valence-corrected chi connectivity index (χ0v) is 18.4. The van der Waals surface area contributed by atoms with Crippen LogP contribution >= 0.6 is 11.8 Å². The molecule has 1 fully saturated rings. The number of hydrogen-bond donors (Lipinski definition) is 3. The highest BCUT2D eigenvalue weighted by atomic mass is 32.2. The third kappa shape index (κ3) is 5.28. The summed E-state index contributed by atoms with van der Waals surface area (Å²) in [5, 5.41) is 12.8. The maximum atomic E-state index is 12.7. The minimum atomic E-state index is -0.307. The maximum absolute atomic E-state index is 12.7. The highest BCUT2D eigenvalue weighted by Gasteiger charge is 2.22. The van der Waals surface area contributed by atoms with E-state index in [0.717, 1.165) is 25.7 Å². The summed E-state index contributed by atoms with van der Waals surface area (Å²) in [7, 11) is 0. The number of aromatic amines is 1. The van der Waals surface area contributed by atoms with Crippen LogP contribution in [0.4, 0.5) is 11.4 Å². The van der Waals surface area contributed by atoms with E-state index < -0.39 is 0 Å². The number of carbonyl (C=O) groups is 2. The summed E-state index contributed by atoms with van der Waals surface area (Å²) in [5.74, 6) is -0.509. The quantitative estimate of drug-likeness (QED) is 0.470. The van der Waals surface area contributed by atoms with E-state index in [-0.39, 0.29) is 29.3 Å². The van der Waals surface area contributed by atoms with Crippen LogP contribution < -0.4 is 16.3 Å². The average molecular weight is 452 g/mol. The molecule has 2 aromatic carbocycles. The van der Waals surface area contributed by atoms with Gasteiger partial charge >= 0.3 is 5.69 Å². The fourth-order valence-corrected chi connectivity index (χ4v) is 4.69. The van der Waals surface area contributed by atoms with Gasteiger partial charge in [-0.05, 0) is 37.1 Å². The second kappa shape index (κ2) is 10.3. The van der Waals surface area contributed by atoms with Crippen LogP contribution in [0.25, 0.3) is 0 Å². The van der Waals surface area contributed by atoms with Gasteiger partial charge < -0.3 is 10.6 Å². The Morgan fingerprint density at radius 3 is 2.50 bits per heavy atom. The van der Waals surface area contributed by atoms with E-state index in [2.05, 4.69) is 20.8 Å². The number of nitrogens with one attached hydrogen (secondary N) is 3. The van der Waals surface area contributed by atoms with Crippen molar-refractivity contribution < 1.29 is 9.59 Å². The van der Waals surface area contributed by atoms with Crippen LogP contribution in [-0.4, -0.2) is 32.3 Å². The van der Waals surface area contributed by atoms with Crippen molar-refractivity contribution in [3.05, 3.63) is 70.6 Å². The standard InChI is InChI=1S/C23H25N5O3S/c29-20(15-32-23-27-26-22(31)28(23)17-11-5-2-6-12-17)25-19-14-8-7-13-18(19)21(30)24-16-9-3-1-4-10-16/h1,3-4,7-10,13-14,17H,2,5-6,11-12,15H2,(H,24,30)(H,25,29)(H,26,31). The summed E-state index contributed by atoms with van der Waals surface area (Å²) in [6.45, 7) is 0. The van der Waals surface area contributed by atoms with Gasteiger partial charge in [-0.15, -0.1) is 5.10 Å². The lowest BCUT2D eigenvalue weighted by atomic mass is 9.95. The van der Waals surface area contributed by atoms with Gasteiger partial charge in [0.2, 0.25) is 5.91 Å². The first-order valence-corrected chi connectivity index (χ1v) is 11.7. The predicted octanol–water partition coefficient (Wildman–Crippen LogP) is 4.06. The zero-order chi connectivity index (χ0) is 22.3. The van der Waals surface area contributed by atoms with Gasteiger partial charge in [0.1, 0.15) is 0 Å². The molecule has 8 nitrogen and oxygen atoms in total. The van der Waals surface area contributed by atoms with Gasteiger partial charge in [-0.3, -0.25) is 14.2 Å². The normalized spacial score (nSPS) is 14.1. The molecule has 0 spiro atoms. The highest BCUT2D eigenvalue weighted by Crippen LogP contribution is 2.30. The summed E-state index contributed by atoms with van der Waals surface area (Å²) in [5.41, 5.74) is 1.24. The fraction of sp³-hybridized carbons (Fsp3) is 0.304. The molecule has 1 saturated carbocycles. The lowest BCUT2D eigenvalue weighted by Crippen LogP contribution is -2.25. The molecule has 4 rings (SSSR count). The van der Waals surface area contributed by atoms with Gasteiger partial charge in [0.25, 0.3) is 5.91 Å². The monoisotopic (exact) mass is 451 g/mol. The van der Waals surface area contributed by atoms with Crippen molar-refractivity contribution >= 4 is 35.0 Å². The molecule has 1 aromatic heterocycles. The third-order valence-corrected chi connectivity index (χ3v) is 6.37. The molecule has 32 heavy (non-hydrogen) atoms. The summed E-state index contributed by atoms with van der Waals surface area (Å²) in [4.78, 5) is 37.6. The number of para-hydroxylation sites is 2. The zero-order valence-electron chi connectivity index (χ0n) is 17.5. The fourth-order valence-electron chi connectivity index (χ4n) is 3.88. The van der Waals surface area contributed by atoms with Crippen LogP contribution in [0.15, 0.2) is 64.5 Å². The van der Waals surface area contributed by atoms with Crippen molar-refractivity contribution in [3.8, 4) is 0 Å². The maximum Gasteiger partial charge on any atom is 0.344 e. The van der Waals surface area contributed by atoms with E-state index in [9.17, 15) is 14.4 Å². The second-order valence-electron chi connectivity index (χ2n) is 7.68. The van der Waals surface area contributed by atoms with Crippen molar-refractivity contribution in [1.82, 2.24) is 14.8 Å². The van der Waals surface area contributed by atoms with E-state index in [1.807, 2.05) is 18.2 Å². The first-order chi connectivity index (χ1) is 15.6. The topological polar surface area (TPSA) is 109 Å². The highest BCUT2D eigenvalue weighted by molar-refractivity contribution is 7.99. The Balaban J connectivity index is 1.40. The molecule has 0 unspecified atom stereocenters. The van der Waals surface area contributed by atoms with Gasteiger partial charge in [-0.2, -0.15) is 0 Å². The summed E-state index contributed by atoms with van der Waals surface area (Å²) in [6.07, 6.45) is 5.26. The van der Waals surface area contributed by atoms with Gasteiger partial charge in [-0.25, -0.2) is 9.89 Å². The molecule has 0 saturated heterocycles. The van der Waals surface area contributed by atoms with E-state index in [0.29, 0.717) is 22.1 Å². The van der Waals surface area contributed by atoms with Gasteiger partial charge in [0.15, 0.2) is 5.16 Å². The van der Waals surface area contributed by atoms with Crippen molar-refractivity contribution in [3.63, 3.8) is 0 Å². The molecule has 0 atom stereocenters. The molecule has 3 N–H and O–H groups in total. The molecular weight excluding hydrogens is 426 g/mol. The number of amides is 2. The molecule has 2 amide bonds. The van der Waals surface area contributed by atoms with Crippen molar-refractivity contribution in [2.24, 2.45) is 0 Å². The minimum absolute atomic E-state index is 0.0751. The molecule has 1 aliphatic carbocycles. The van der Waals surface area contributed by atoms with Crippen molar-refractivity contribution in [1.29, 1.82) is 0 Å². The lowest BCUT2D eigenvalue weighted by Gasteiger charge is -2.22. The Morgan fingerprint density at radius 1 is 1.00 bits per heavy atom. The van der Waals surface area contributed by atoms with E-state index in [1.54, 1.807) is 41.0 Å². The van der Waals surface area contributed by atoms with Crippen LogP contribution in [0.3, 0.4) is 0 Å². The number of thioether (sulfide) groups is 1.